The zero-order valence-corrected chi connectivity index (χ0v) is 12.5. The van der Waals surface area contributed by atoms with Crippen molar-refractivity contribution in [3.63, 3.8) is 0 Å². The summed E-state index contributed by atoms with van der Waals surface area (Å²) in [6, 6.07) is 0. The first-order chi connectivity index (χ1) is 9.84. The van der Waals surface area contributed by atoms with Crippen molar-refractivity contribution in [1.82, 2.24) is 15.5 Å². The highest BCUT2D eigenvalue weighted by Gasteiger charge is 2.15. The number of piperidine rings is 1. The third kappa shape index (κ3) is 6.20. The number of carbonyl (C=O) groups excluding carboxylic acids is 1. The summed E-state index contributed by atoms with van der Waals surface area (Å²) in [5, 5.41) is 6.26. The van der Waals surface area contributed by atoms with Gasteiger partial charge in [-0.15, -0.1) is 0 Å². The van der Waals surface area contributed by atoms with Gasteiger partial charge in [-0.3, -0.25) is 4.79 Å². The van der Waals surface area contributed by atoms with Crippen molar-refractivity contribution < 1.29 is 9.53 Å². The van der Waals surface area contributed by atoms with Gasteiger partial charge in [0.05, 0.1) is 6.10 Å². The van der Waals surface area contributed by atoms with Crippen LogP contribution < -0.4 is 10.6 Å². The Kier molecular flexibility index (Phi) is 7.33. The lowest BCUT2D eigenvalue weighted by atomic mass is 10.1. The first-order valence-corrected chi connectivity index (χ1v) is 8.16. The minimum Gasteiger partial charge on any atom is -0.368 e. The molecule has 0 aromatic heterocycles. The number of ether oxygens (including phenoxy) is 1. The van der Waals surface area contributed by atoms with Crippen LogP contribution in [0.4, 0.5) is 0 Å². The summed E-state index contributed by atoms with van der Waals surface area (Å²) in [5.74, 6) is 0.0263. The molecule has 0 aromatic rings. The third-order valence-corrected chi connectivity index (χ3v) is 4.19. The van der Waals surface area contributed by atoms with Gasteiger partial charge in [-0.05, 0) is 51.9 Å². The normalized spacial score (nSPS) is 22.4. The fraction of sp³-hybridized carbons (Fsp3) is 0.933. The zero-order chi connectivity index (χ0) is 14.0. The van der Waals surface area contributed by atoms with Gasteiger partial charge in [0.1, 0.15) is 6.61 Å². The predicted octanol–water partition coefficient (Wildman–Crippen LogP) is 0.747. The zero-order valence-electron chi connectivity index (χ0n) is 12.5. The Hall–Kier alpha value is -0.650. The van der Waals surface area contributed by atoms with Crippen LogP contribution in [0.2, 0.25) is 0 Å². The van der Waals surface area contributed by atoms with E-state index >= 15 is 0 Å². The summed E-state index contributed by atoms with van der Waals surface area (Å²) < 4.78 is 5.64. The molecule has 2 heterocycles. The van der Waals surface area contributed by atoms with Crippen LogP contribution in [0.5, 0.6) is 0 Å². The summed E-state index contributed by atoms with van der Waals surface area (Å²) in [7, 11) is 0. The number of nitrogens with one attached hydrogen (secondary N) is 2. The SMILES string of the molecule is O=C(COC1CCNCC1)NCCN1CCCCCC1. The summed E-state index contributed by atoms with van der Waals surface area (Å²) in [5.41, 5.74) is 0. The van der Waals surface area contributed by atoms with E-state index in [1.54, 1.807) is 0 Å². The van der Waals surface area contributed by atoms with Gasteiger partial charge in [0.25, 0.3) is 0 Å². The fourth-order valence-corrected chi connectivity index (χ4v) is 2.92. The molecule has 0 aromatic carbocycles. The summed E-state index contributed by atoms with van der Waals surface area (Å²) >= 11 is 0. The van der Waals surface area contributed by atoms with Crippen LogP contribution in [0.25, 0.3) is 0 Å². The van der Waals surface area contributed by atoms with Crippen LogP contribution in [0.15, 0.2) is 0 Å². The smallest absolute Gasteiger partial charge is 0.246 e. The van der Waals surface area contributed by atoms with E-state index in [1.165, 1.54) is 38.8 Å². The molecule has 116 valence electrons. The molecule has 0 radical (unpaired) electrons. The molecule has 0 spiro atoms. The van der Waals surface area contributed by atoms with Gasteiger partial charge in [0.2, 0.25) is 5.91 Å². The maximum absolute atomic E-state index is 11.7. The maximum Gasteiger partial charge on any atom is 0.246 e. The Morgan fingerprint density at radius 1 is 1.15 bits per heavy atom. The second-order valence-corrected chi connectivity index (χ2v) is 5.87. The van der Waals surface area contributed by atoms with E-state index in [0.29, 0.717) is 0 Å². The van der Waals surface area contributed by atoms with Crippen molar-refractivity contribution in [2.24, 2.45) is 0 Å². The number of nitrogens with zero attached hydrogens (tertiary/aromatic N) is 1. The predicted molar refractivity (Wildman–Crippen MR) is 79.8 cm³/mol. The van der Waals surface area contributed by atoms with Crippen LogP contribution in [-0.4, -0.2) is 62.8 Å². The molecular weight excluding hydrogens is 254 g/mol. The minimum atomic E-state index is 0.0263. The van der Waals surface area contributed by atoms with E-state index in [9.17, 15) is 4.79 Å². The van der Waals surface area contributed by atoms with E-state index in [-0.39, 0.29) is 18.6 Å². The van der Waals surface area contributed by atoms with Gasteiger partial charge in [0.15, 0.2) is 0 Å². The highest BCUT2D eigenvalue weighted by atomic mass is 16.5. The molecule has 20 heavy (non-hydrogen) atoms. The van der Waals surface area contributed by atoms with Gasteiger partial charge < -0.3 is 20.3 Å². The third-order valence-electron chi connectivity index (χ3n) is 4.19. The van der Waals surface area contributed by atoms with Crippen molar-refractivity contribution >= 4 is 5.91 Å². The Morgan fingerprint density at radius 2 is 1.85 bits per heavy atom. The van der Waals surface area contributed by atoms with Crippen LogP contribution in [0.1, 0.15) is 38.5 Å². The van der Waals surface area contributed by atoms with E-state index in [2.05, 4.69) is 15.5 Å². The Morgan fingerprint density at radius 3 is 2.55 bits per heavy atom. The number of hydrogen-bond donors (Lipinski definition) is 2. The fourth-order valence-electron chi connectivity index (χ4n) is 2.92. The largest absolute Gasteiger partial charge is 0.368 e. The van der Waals surface area contributed by atoms with Crippen molar-refractivity contribution in [2.45, 2.75) is 44.6 Å². The number of carbonyl (C=O) groups is 1. The Bertz CT molecular complexity index is 272. The highest BCUT2D eigenvalue weighted by molar-refractivity contribution is 5.77. The number of amides is 1. The van der Waals surface area contributed by atoms with E-state index < -0.39 is 0 Å². The molecular formula is C15H29N3O2. The van der Waals surface area contributed by atoms with Crippen molar-refractivity contribution in [2.75, 3.05) is 45.9 Å². The molecule has 2 aliphatic heterocycles. The number of likely N-dealkylation sites (tertiary alicyclic amines) is 1. The molecule has 0 unspecified atom stereocenters. The average molecular weight is 283 g/mol. The van der Waals surface area contributed by atoms with Crippen LogP contribution in [0, 0.1) is 0 Å². The van der Waals surface area contributed by atoms with Gasteiger partial charge in [-0.25, -0.2) is 0 Å². The lowest BCUT2D eigenvalue weighted by Crippen LogP contribution is -2.38. The molecule has 0 bridgehead atoms. The molecule has 2 rings (SSSR count). The van der Waals surface area contributed by atoms with Crippen LogP contribution in [0.3, 0.4) is 0 Å². The molecule has 5 nitrogen and oxygen atoms in total. The van der Waals surface area contributed by atoms with Gasteiger partial charge in [-0.1, -0.05) is 12.8 Å². The van der Waals surface area contributed by atoms with Gasteiger partial charge in [0, 0.05) is 13.1 Å². The monoisotopic (exact) mass is 283 g/mol. The molecule has 2 aliphatic rings. The Balaban J connectivity index is 1.50. The van der Waals surface area contributed by atoms with Crippen LogP contribution >= 0.6 is 0 Å². The topological polar surface area (TPSA) is 53.6 Å². The molecule has 0 aliphatic carbocycles. The van der Waals surface area contributed by atoms with Gasteiger partial charge in [-0.2, -0.15) is 0 Å². The second-order valence-electron chi connectivity index (χ2n) is 5.87. The van der Waals surface area contributed by atoms with E-state index in [0.717, 1.165) is 39.0 Å². The lowest BCUT2D eigenvalue weighted by molar-refractivity contribution is -0.128. The summed E-state index contributed by atoms with van der Waals surface area (Å²) in [6.07, 6.45) is 7.59. The minimum absolute atomic E-state index is 0.0263. The molecule has 2 N–H and O–H groups in total. The average Bonchev–Trinajstić information content (AvgIpc) is 2.75. The summed E-state index contributed by atoms with van der Waals surface area (Å²) in [4.78, 5) is 14.2. The first-order valence-electron chi connectivity index (χ1n) is 8.16. The second kappa shape index (κ2) is 9.32. The summed E-state index contributed by atoms with van der Waals surface area (Å²) in [6.45, 7) is 6.30. The van der Waals surface area contributed by atoms with Crippen molar-refractivity contribution in [3.05, 3.63) is 0 Å². The van der Waals surface area contributed by atoms with E-state index in [1.807, 2.05) is 0 Å². The lowest BCUT2D eigenvalue weighted by Gasteiger charge is -2.23. The molecule has 1 amide bonds. The van der Waals surface area contributed by atoms with Gasteiger partial charge >= 0.3 is 0 Å². The van der Waals surface area contributed by atoms with Crippen molar-refractivity contribution in [1.29, 1.82) is 0 Å². The number of rotatable bonds is 6. The number of hydrogen-bond acceptors (Lipinski definition) is 4. The van der Waals surface area contributed by atoms with Crippen molar-refractivity contribution in [3.8, 4) is 0 Å². The Labute approximate surface area is 122 Å². The van der Waals surface area contributed by atoms with E-state index in [4.69, 9.17) is 4.74 Å². The molecule has 2 fully saturated rings. The highest BCUT2D eigenvalue weighted by Crippen LogP contribution is 2.09. The molecule has 5 heteroatoms. The quantitative estimate of drug-likeness (QED) is 0.755. The maximum atomic E-state index is 11.7. The molecule has 2 saturated heterocycles. The molecule has 0 saturated carbocycles. The molecule has 0 atom stereocenters. The standard InChI is InChI=1S/C15H29N3O2/c19-15(13-20-14-5-7-16-8-6-14)17-9-12-18-10-3-1-2-4-11-18/h14,16H,1-13H2,(H,17,19). The van der Waals surface area contributed by atoms with Crippen LogP contribution in [-0.2, 0) is 9.53 Å². The first kappa shape index (κ1) is 15.7.